The van der Waals surface area contributed by atoms with E-state index in [1.54, 1.807) is 0 Å². The number of aryl methyl sites for hydroxylation is 1. The highest BCUT2D eigenvalue weighted by Gasteiger charge is 2.46. The predicted molar refractivity (Wildman–Crippen MR) is 121 cm³/mol. The summed E-state index contributed by atoms with van der Waals surface area (Å²) in [6.07, 6.45) is 3.74. The number of nitrogens with zero attached hydrogens (tertiary/aromatic N) is 3. The van der Waals surface area contributed by atoms with Crippen LogP contribution >= 0.6 is 0 Å². The lowest BCUT2D eigenvalue weighted by Gasteiger charge is -2.44. The van der Waals surface area contributed by atoms with Crippen LogP contribution in [0.15, 0.2) is 54.7 Å². The zero-order valence-electron chi connectivity index (χ0n) is 17.9. The Morgan fingerprint density at radius 2 is 1.93 bits per heavy atom. The topological polar surface area (TPSA) is 48.5 Å². The monoisotopic (exact) mass is 400 g/mol. The molecule has 0 spiro atoms. The number of pyridine rings is 1. The highest BCUT2D eigenvalue weighted by Crippen LogP contribution is 2.48. The Labute approximate surface area is 177 Å². The summed E-state index contributed by atoms with van der Waals surface area (Å²) in [6.45, 7) is 4.02. The Morgan fingerprint density at radius 3 is 2.67 bits per heavy atom. The van der Waals surface area contributed by atoms with Gasteiger partial charge in [0.1, 0.15) is 0 Å². The van der Waals surface area contributed by atoms with Crippen LogP contribution in [-0.2, 0) is 5.54 Å². The van der Waals surface area contributed by atoms with Crippen molar-refractivity contribution < 1.29 is 4.79 Å². The van der Waals surface area contributed by atoms with E-state index in [1.165, 1.54) is 5.56 Å². The maximum absolute atomic E-state index is 13.3. The first-order valence-electron chi connectivity index (χ1n) is 10.7. The lowest BCUT2D eigenvalue weighted by atomic mass is 9.98. The van der Waals surface area contributed by atoms with E-state index in [-0.39, 0.29) is 11.4 Å². The number of rotatable bonds is 5. The van der Waals surface area contributed by atoms with E-state index in [0.29, 0.717) is 6.04 Å². The Morgan fingerprint density at radius 1 is 1.13 bits per heavy atom. The molecule has 2 aliphatic rings. The Bertz CT molecular complexity index is 1110. The SMILES string of the molecule is Cc1ccc(N2CC(N(C)C)C2)cc1C(=O)NC1(c2cccc3ncccc23)CC1. The van der Waals surface area contributed by atoms with Crippen molar-refractivity contribution in [3.8, 4) is 0 Å². The van der Waals surface area contributed by atoms with Crippen LogP contribution in [0, 0.1) is 6.92 Å². The minimum absolute atomic E-state index is 0.0115. The largest absolute Gasteiger partial charge is 0.368 e. The molecule has 154 valence electrons. The van der Waals surface area contributed by atoms with E-state index >= 15 is 0 Å². The zero-order valence-corrected chi connectivity index (χ0v) is 17.9. The van der Waals surface area contributed by atoms with Crippen LogP contribution in [-0.4, -0.2) is 49.0 Å². The van der Waals surface area contributed by atoms with Gasteiger partial charge in [0.2, 0.25) is 0 Å². The molecule has 2 aromatic carbocycles. The molecule has 1 aliphatic carbocycles. The fraction of sp³-hybridized carbons (Fsp3) is 0.360. The van der Waals surface area contributed by atoms with Crippen LogP contribution in [0.5, 0.6) is 0 Å². The number of carbonyl (C=O) groups excluding carboxylic acids is 1. The van der Waals surface area contributed by atoms with Crippen LogP contribution < -0.4 is 10.2 Å². The number of aromatic nitrogens is 1. The van der Waals surface area contributed by atoms with E-state index in [1.807, 2.05) is 31.3 Å². The molecule has 2 fully saturated rings. The molecule has 0 atom stereocenters. The third kappa shape index (κ3) is 3.23. The number of likely N-dealkylation sites (N-methyl/N-ethyl adjacent to an activating group) is 1. The maximum atomic E-state index is 13.3. The third-order valence-electron chi connectivity index (χ3n) is 6.69. The fourth-order valence-corrected chi connectivity index (χ4v) is 4.44. The summed E-state index contributed by atoms with van der Waals surface area (Å²) in [5.74, 6) is 0.0115. The van der Waals surface area contributed by atoms with Gasteiger partial charge in [0.05, 0.1) is 11.1 Å². The molecule has 3 aromatic rings. The highest BCUT2D eigenvalue weighted by molar-refractivity contribution is 5.98. The van der Waals surface area contributed by atoms with Crippen LogP contribution in [0.4, 0.5) is 5.69 Å². The van der Waals surface area contributed by atoms with Crippen LogP contribution in [0.3, 0.4) is 0 Å². The Kier molecular flexibility index (Phi) is 4.51. The minimum atomic E-state index is -0.283. The second-order valence-corrected chi connectivity index (χ2v) is 8.93. The van der Waals surface area contributed by atoms with Gasteiger partial charge in [0.25, 0.3) is 5.91 Å². The first kappa shape index (κ1) is 19.1. The summed E-state index contributed by atoms with van der Waals surface area (Å²) in [5, 5.41) is 4.49. The number of fused-ring (bicyclic) bond motifs is 1. The highest BCUT2D eigenvalue weighted by atomic mass is 16.1. The Hall–Kier alpha value is -2.92. The molecule has 30 heavy (non-hydrogen) atoms. The van der Waals surface area contributed by atoms with Gasteiger partial charge in [-0.15, -0.1) is 0 Å². The van der Waals surface area contributed by atoms with Gasteiger partial charge in [-0.2, -0.15) is 0 Å². The molecule has 2 heterocycles. The van der Waals surface area contributed by atoms with Gasteiger partial charge in [-0.1, -0.05) is 24.3 Å². The number of anilines is 1. The summed E-state index contributed by atoms with van der Waals surface area (Å²) in [5.41, 5.74) is 4.77. The number of benzene rings is 2. The van der Waals surface area contributed by atoms with Gasteiger partial charge in [0, 0.05) is 42.0 Å². The summed E-state index contributed by atoms with van der Waals surface area (Å²) in [7, 11) is 4.24. The van der Waals surface area contributed by atoms with Crippen molar-refractivity contribution in [2.45, 2.75) is 31.3 Å². The molecule has 1 saturated heterocycles. The predicted octanol–water partition coefficient (Wildman–Crippen LogP) is 3.71. The van der Waals surface area contributed by atoms with Crippen molar-refractivity contribution in [1.82, 2.24) is 15.2 Å². The number of carbonyl (C=O) groups is 1. The first-order valence-corrected chi connectivity index (χ1v) is 10.7. The van der Waals surface area contributed by atoms with Gasteiger partial charge < -0.3 is 15.1 Å². The van der Waals surface area contributed by atoms with E-state index in [2.05, 4.69) is 64.5 Å². The molecule has 5 heteroatoms. The fourth-order valence-electron chi connectivity index (χ4n) is 4.44. The molecular weight excluding hydrogens is 372 g/mol. The number of nitrogens with one attached hydrogen (secondary N) is 1. The van der Waals surface area contributed by atoms with Crippen LogP contribution in [0.25, 0.3) is 10.9 Å². The summed E-state index contributed by atoms with van der Waals surface area (Å²) in [6, 6.07) is 17.1. The molecule has 0 bridgehead atoms. The zero-order chi connectivity index (χ0) is 20.9. The molecule has 1 saturated carbocycles. The summed E-state index contributed by atoms with van der Waals surface area (Å²) >= 11 is 0. The van der Waals surface area contributed by atoms with Gasteiger partial charge in [0.15, 0.2) is 0 Å². The smallest absolute Gasteiger partial charge is 0.252 e. The lowest BCUT2D eigenvalue weighted by molar-refractivity contribution is 0.0930. The maximum Gasteiger partial charge on any atom is 0.252 e. The minimum Gasteiger partial charge on any atom is -0.368 e. The molecule has 1 N–H and O–H groups in total. The van der Waals surface area contributed by atoms with Gasteiger partial charge in [-0.05, 0) is 69.3 Å². The lowest BCUT2D eigenvalue weighted by Crippen LogP contribution is -2.57. The molecule has 1 amide bonds. The van der Waals surface area contributed by atoms with E-state index in [0.717, 1.165) is 53.6 Å². The van der Waals surface area contributed by atoms with Crippen molar-refractivity contribution in [1.29, 1.82) is 0 Å². The molecule has 1 aliphatic heterocycles. The van der Waals surface area contributed by atoms with E-state index < -0.39 is 0 Å². The number of amides is 1. The summed E-state index contributed by atoms with van der Waals surface area (Å²) < 4.78 is 0. The standard InChI is InChI=1S/C25H28N4O/c1-17-9-10-18(29-15-19(16-29)28(2)3)14-21(17)24(30)27-25(11-12-25)22-7-4-8-23-20(22)6-5-13-26-23/h4-10,13-14,19H,11-12,15-16H2,1-3H3,(H,27,30). The molecule has 5 nitrogen and oxygen atoms in total. The number of hydrogen-bond acceptors (Lipinski definition) is 4. The normalized spacial score (nSPS) is 17.8. The van der Waals surface area contributed by atoms with Gasteiger partial charge >= 0.3 is 0 Å². The van der Waals surface area contributed by atoms with Crippen molar-refractivity contribution >= 4 is 22.5 Å². The summed E-state index contributed by atoms with van der Waals surface area (Å²) in [4.78, 5) is 22.4. The molecule has 5 rings (SSSR count). The average Bonchev–Trinajstić information content (AvgIpc) is 3.47. The van der Waals surface area contributed by atoms with E-state index in [4.69, 9.17) is 0 Å². The quantitative estimate of drug-likeness (QED) is 0.709. The number of hydrogen-bond donors (Lipinski definition) is 1. The van der Waals surface area contributed by atoms with Crippen molar-refractivity contribution in [2.24, 2.45) is 0 Å². The van der Waals surface area contributed by atoms with Gasteiger partial charge in [-0.25, -0.2) is 0 Å². The second-order valence-electron chi connectivity index (χ2n) is 8.93. The van der Waals surface area contributed by atoms with Gasteiger partial charge in [-0.3, -0.25) is 9.78 Å². The molecular formula is C25H28N4O. The average molecular weight is 401 g/mol. The first-order chi connectivity index (χ1) is 14.5. The van der Waals surface area contributed by atoms with Crippen molar-refractivity contribution in [2.75, 3.05) is 32.1 Å². The van der Waals surface area contributed by atoms with Crippen molar-refractivity contribution in [3.63, 3.8) is 0 Å². The molecule has 0 radical (unpaired) electrons. The van der Waals surface area contributed by atoms with Crippen LogP contribution in [0.2, 0.25) is 0 Å². The van der Waals surface area contributed by atoms with Crippen molar-refractivity contribution in [3.05, 3.63) is 71.4 Å². The Balaban J connectivity index is 1.40. The van der Waals surface area contributed by atoms with E-state index in [9.17, 15) is 4.79 Å². The molecule has 1 aromatic heterocycles. The van der Waals surface area contributed by atoms with Crippen LogP contribution in [0.1, 0.15) is 34.3 Å². The second kappa shape index (κ2) is 7.10. The molecule has 0 unspecified atom stereocenters. The third-order valence-corrected chi connectivity index (χ3v) is 6.69.